The van der Waals surface area contributed by atoms with Gasteiger partial charge in [-0.2, -0.15) is 5.26 Å². The average Bonchev–Trinajstić information content (AvgIpc) is 3.49. The first-order valence-electron chi connectivity index (χ1n) is 12.8. The zero-order valence-electron chi connectivity index (χ0n) is 22.9. The van der Waals surface area contributed by atoms with Gasteiger partial charge in [0.2, 0.25) is 0 Å². The summed E-state index contributed by atoms with van der Waals surface area (Å²) in [4.78, 5) is 26.0. The molecular formula is C29H32N4O5S. The lowest BCUT2D eigenvalue weighted by Crippen LogP contribution is -2.41. The highest BCUT2D eigenvalue weighted by atomic mass is 32.1. The standard InChI is InChI=1S/C29H32N4O5S/c1-16(2)37-23-12-8-18(13-19(23)14-30)26-31-32-27(39-26)25-17(3)7-9-20-21(25)10-11-22(20)33(15-24(34)35)28(36)38-29(4,5)6/h7-9,12-13,16,22H,10-11,15H2,1-6H3,(H,34,35). The lowest BCUT2D eigenvalue weighted by Gasteiger charge is -2.31. The van der Waals surface area contributed by atoms with E-state index in [9.17, 15) is 20.0 Å². The highest BCUT2D eigenvalue weighted by Gasteiger charge is 2.36. The molecule has 1 amide bonds. The van der Waals surface area contributed by atoms with Gasteiger partial charge in [-0.25, -0.2) is 4.79 Å². The van der Waals surface area contributed by atoms with Gasteiger partial charge in [0.05, 0.1) is 17.7 Å². The van der Waals surface area contributed by atoms with Gasteiger partial charge >= 0.3 is 12.1 Å². The van der Waals surface area contributed by atoms with Crippen molar-refractivity contribution in [2.45, 2.75) is 72.1 Å². The SMILES string of the molecule is Cc1ccc2c(c1-c1nnc(-c3ccc(OC(C)C)c(C#N)c3)s1)CCC2N(CC(=O)O)C(=O)OC(C)(C)C. The van der Waals surface area contributed by atoms with Crippen molar-refractivity contribution >= 4 is 23.4 Å². The number of ether oxygens (including phenoxy) is 2. The van der Waals surface area contributed by atoms with Gasteiger partial charge in [0.15, 0.2) is 0 Å². The Labute approximate surface area is 232 Å². The van der Waals surface area contributed by atoms with Gasteiger partial charge in [-0.15, -0.1) is 10.2 Å². The van der Waals surface area contributed by atoms with Gasteiger partial charge in [-0.1, -0.05) is 23.5 Å². The van der Waals surface area contributed by atoms with Crippen LogP contribution in [0.5, 0.6) is 5.75 Å². The van der Waals surface area contributed by atoms with Crippen LogP contribution < -0.4 is 4.74 Å². The summed E-state index contributed by atoms with van der Waals surface area (Å²) in [6.07, 6.45) is 0.531. The van der Waals surface area contributed by atoms with E-state index >= 15 is 0 Å². The van der Waals surface area contributed by atoms with Crippen LogP contribution in [-0.2, 0) is 16.0 Å². The fourth-order valence-corrected chi connectivity index (χ4v) is 5.71. The summed E-state index contributed by atoms with van der Waals surface area (Å²) in [5, 5.41) is 29.4. The molecule has 3 aromatic rings. The average molecular weight is 549 g/mol. The predicted molar refractivity (Wildman–Crippen MR) is 148 cm³/mol. The number of carbonyl (C=O) groups excluding carboxylic acids is 1. The Morgan fingerprint density at radius 2 is 1.92 bits per heavy atom. The fourth-order valence-electron chi connectivity index (χ4n) is 4.74. The van der Waals surface area contributed by atoms with Crippen molar-refractivity contribution in [1.29, 1.82) is 5.26 Å². The molecule has 1 heterocycles. The normalized spacial score (nSPS) is 14.6. The summed E-state index contributed by atoms with van der Waals surface area (Å²) in [6, 6.07) is 11.1. The number of rotatable bonds is 7. The van der Waals surface area contributed by atoms with Crippen LogP contribution in [0.3, 0.4) is 0 Å². The number of benzene rings is 2. The molecule has 0 spiro atoms. The molecule has 9 nitrogen and oxygen atoms in total. The van der Waals surface area contributed by atoms with E-state index < -0.39 is 30.3 Å². The molecule has 4 rings (SSSR count). The minimum absolute atomic E-state index is 0.0511. The molecule has 0 saturated carbocycles. The van der Waals surface area contributed by atoms with E-state index in [0.29, 0.717) is 29.2 Å². The monoisotopic (exact) mass is 548 g/mol. The Hall–Kier alpha value is -3.97. The number of amides is 1. The van der Waals surface area contributed by atoms with Crippen molar-refractivity contribution in [2.75, 3.05) is 6.54 Å². The minimum atomic E-state index is -1.10. The van der Waals surface area contributed by atoms with Crippen LogP contribution in [0.1, 0.15) is 69.3 Å². The van der Waals surface area contributed by atoms with Crippen LogP contribution in [0.25, 0.3) is 21.1 Å². The van der Waals surface area contributed by atoms with Crippen molar-refractivity contribution in [3.05, 3.63) is 52.6 Å². The molecule has 1 aliphatic carbocycles. The van der Waals surface area contributed by atoms with E-state index in [1.807, 2.05) is 39.0 Å². The molecule has 0 radical (unpaired) electrons. The van der Waals surface area contributed by atoms with E-state index in [1.165, 1.54) is 16.2 Å². The van der Waals surface area contributed by atoms with Crippen LogP contribution >= 0.6 is 11.3 Å². The van der Waals surface area contributed by atoms with Gasteiger partial charge in [0.1, 0.15) is 34.0 Å². The minimum Gasteiger partial charge on any atom is -0.490 e. The Balaban J connectivity index is 1.70. The molecule has 0 saturated heterocycles. The first kappa shape index (κ1) is 28.0. The molecule has 0 aliphatic heterocycles. The van der Waals surface area contributed by atoms with Crippen LogP contribution in [0.15, 0.2) is 30.3 Å². The molecular weight excluding hydrogens is 516 g/mol. The molecule has 10 heteroatoms. The first-order chi connectivity index (χ1) is 18.4. The Bertz CT molecular complexity index is 1450. The van der Waals surface area contributed by atoms with E-state index in [1.54, 1.807) is 32.9 Å². The molecule has 0 bridgehead atoms. The van der Waals surface area contributed by atoms with E-state index in [2.05, 4.69) is 16.3 Å². The van der Waals surface area contributed by atoms with Crippen LogP contribution in [0.4, 0.5) is 4.79 Å². The number of nitrogens with zero attached hydrogens (tertiary/aromatic N) is 4. The molecule has 1 N–H and O–H groups in total. The predicted octanol–water partition coefficient (Wildman–Crippen LogP) is 6.15. The van der Waals surface area contributed by atoms with Crippen molar-refractivity contribution in [3.63, 3.8) is 0 Å². The highest BCUT2D eigenvalue weighted by molar-refractivity contribution is 7.18. The van der Waals surface area contributed by atoms with Crippen molar-refractivity contribution in [2.24, 2.45) is 0 Å². The summed E-state index contributed by atoms with van der Waals surface area (Å²) in [5.41, 5.74) is 4.32. The first-order valence-corrected chi connectivity index (χ1v) is 13.6. The van der Waals surface area contributed by atoms with Gasteiger partial charge in [-0.05, 0) is 89.3 Å². The Morgan fingerprint density at radius 3 is 2.56 bits per heavy atom. The molecule has 2 aromatic carbocycles. The molecule has 1 aliphatic rings. The van der Waals surface area contributed by atoms with Crippen molar-refractivity contribution in [1.82, 2.24) is 15.1 Å². The third-order valence-corrected chi connectivity index (χ3v) is 7.23. The number of aryl methyl sites for hydroxylation is 1. The maximum atomic E-state index is 13.0. The lowest BCUT2D eigenvalue weighted by atomic mass is 9.97. The number of aliphatic carboxylic acids is 1. The summed E-state index contributed by atoms with van der Waals surface area (Å²) in [6.45, 7) is 10.6. The summed E-state index contributed by atoms with van der Waals surface area (Å²) < 4.78 is 11.3. The zero-order chi connectivity index (χ0) is 28.5. The fraction of sp³-hybridized carbons (Fsp3) is 0.414. The van der Waals surface area contributed by atoms with E-state index in [0.717, 1.165) is 32.8 Å². The van der Waals surface area contributed by atoms with Crippen LogP contribution in [0.2, 0.25) is 0 Å². The summed E-state index contributed by atoms with van der Waals surface area (Å²) in [5.74, 6) is -0.573. The smallest absolute Gasteiger partial charge is 0.411 e. The summed E-state index contributed by atoms with van der Waals surface area (Å²) in [7, 11) is 0. The molecule has 204 valence electrons. The third kappa shape index (κ3) is 6.20. The number of hydrogen-bond donors (Lipinski definition) is 1. The third-order valence-electron chi connectivity index (χ3n) is 6.24. The topological polar surface area (TPSA) is 126 Å². The number of nitriles is 1. The second-order valence-corrected chi connectivity index (χ2v) is 11.8. The Morgan fingerprint density at radius 1 is 1.21 bits per heavy atom. The number of aromatic nitrogens is 2. The van der Waals surface area contributed by atoms with E-state index in [4.69, 9.17) is 9.47 Å². The second-order valence-electron chi connectivity index (χ2n) is 10.8. The van der Waals surface area contributed by atoms with Gasteiger partial charge in [-0.3, -0.25) is 9.69 Å². The van der Waals surface area contributed by atoms with Crippen LogP contribution in [-0.4, -0.2) is 50.5 Å². The molecule has 1 unspecified atom stereocenters. The maximum absolute atomic E-state index is 13.0. The number of fused-ring (bicyclic) bond motifs is 1. The van der Waals surface area contributed by atoms with Crippen LogP contribution in [0, 0.1) is 18.3 Å². The molecule has 39 heavy (non-hydrogen) atoms. The lowest BCUT2D eigenvalue weighted by molar-refractivity contribution is -0.138. The maximum Gasteiger partial charge on any atom is 0.411 e. The number of carbonyl (C=O) groups is 2. The quantitative estimate of drug-likeness (QED) is 0.373. The van der Waals surface area contributed by atoms with Crippen molar-refractivity contribution in [3.8, 4) is 33.0 Å². The zero-order valence-corrected chi connectivity index (χ0v) is 23.8. The Kier molecular flexibility index (Phi) is 7.93. The summed E-state index contributed by atoms with van der Waals surface area (Å²) >= 11 is 1.42. The second kappa shape index (κ2) is 11.0. The molecule has 1 aromatic heterocycles. The highest BCUT2D eigenvalue weighted by Crippen LogP contribution is 2.44. The molecule has 0 fully saturated rings. The number of hydrogen-bond acceptors (Lipinski definition) is 8. The van der Waals surface area contributed by atoms with Crippen molar-refractivity contribution < 1.29 is 24.2 Å². The molecule has 1 atom stereocenters. The largest absolute Gasteiger partial charge is 0.490 e. The van der Waals surface area contributed by atoms with Gasteiger partial charge < -0.3 is 14.6 Å². The van der Waals surface area contributed by atoms with E-state index in [-0.39, 0.29) is 6.10 Å². The van der Waals surface area contributed by atoms with Gasteiger partial charge in [0, 0.05) is 11.1 Å². The number of carboxylic acids is 1. The van der Waals surface area contributed by atoms with Gasteiger partial charge in [0.25, 0.3) is 0 Å². The number of carboxylic acid groups (broad SMARTS) is 1.